The second-order valence-electron chi connectivity index (χ2n) is 6.99. The molecule has 3 aromatic carbocycles. The van der Waals surface area contributed by atoms with Crippen molar-refractivity contribution in [1.82, 2.24) is 20.2 Å². The lowest BCUT2D eigenvalue weighted by Gasteiger charge is -2.10. The van der Waals surface area contributed by atoms with Crippen LogP contribution in [0.5, 0.6) is 0 Å². The Hall–Kier alpha value is -3.95. The van der Waals surface area contributed by atoms with E-state index in [1.807, 2.05) is 47.0 Å². The number of para-hydroxylation sites is 1. The summed E-state index contributed by atoms with van der Waals surface area (Å²) >= 11 is 7.25. The Morgan fingerprint density at radius 3 is 2.38 bits per heavy atom. The van der Waals surface area contributed by atoms with Crippen LogP contribution in [-0.2, 0) is 4.79 Å². The van der Waals surface area contributed by atoms with Crippen molar-refractivity contribution in [2.75, 3.05) is 5.75 Å². The van der Waals surface area contributed by atoms with Crippen LogP contribution >= 0.6 is 23.4 Å². The van der Waals surface area contributed by atoms with E-state index < -0.39 is 5.97 Å². The number of hydrazone groups is 1. The molecule has 0 saturated carbocycles. The fourth-order valence-electron chi connectivity index (χ4n) is 3.01. The fourth-order valence-corrected chi connectivity index (χ4v) is 3.88. The third-order valence-electron chi connectivity index (χ3n) is 4.64. The quantitative estimate of drug-likeness (QED) is 0.213. The van der Waals surface area contributed by atoms with Gasteiger partial charge in [-0.1, -0.05) is 53.7 Å². The summed E-state index contributed by atoms with van der Waals surface area (Å²) in [5, 5.41) is 22.7. The molecule has 0 aliphatic carbocycles. The maximum Gasteiger partial charge on any atom is 0.335 e. The number of aromatic nitrogens is 3. The number of carboxylic acids is 1. The molecular formula is C24H18ClN5O3S. The molecule has 1 aromatic heterocycles. The van der Waals surface area contributed by atoms with Crippen molar-refractivity contribution in [3.63, 3.8) is 0 Å². The molecule has 0 aliphatic rings. The summed E-state index contributed by atoms with van der Waals surface area (Å²) in [7, 11) is 0. The lowest BCUT2D eigenvalue weighted by atomic mass is 10.1. The predicted octanol–water partition coefficient (Wildman–Crippen LogP) is 4.53. The van der Waals surface area contributed by atoms with Gasteiger partial charge in [-0.05, 0) is 54.1 Å². The maximum atomic E-state index is 12.3. The third kappa shape index (κ3) is 5.69. The van der Waals surface area contributed by atoms with Gasteiger partial charge in [0.25, 0.3) is 5.91 Å². The second kappa shape index (κ2) is 10.8. The van der Waals surface area contributed by atoms with E-state index in [9.17, 15) is 9.59 Å². The van der Waals surface area contributed by atoms with E-state index in [2.05, 4.69) is 20.7 Å². The minimum Gasteiger partial charge on any atom is -0.478 e. The average molecular weight is 492 g/mol. The molecule has 34 heavy (non-hydrogen) atoms. The zero-order chi connectivity index (χ0) is 23.9. The number of aromatic carboxylic acids is 1. The van der Waals surface area contributed by atoms with Gasteiger partial charge >= 0.3 is 5.97 Å². The number of carbonyl (C=O) groups is 2. The first-order chi connectivity index (χ1) is 16.5. The molecule has 4 rings (SSSR count). The third-order valence-corrected chi connectivity index (χ3v) is 5.82. The molecule has 0 bridgehead atoms. The molecule has 0 aliphatic heterocycles. The molecule has 4 aromatic rings. The van der Waals surface area contributed by atoms with Gasteiger partial charge in [0.2, 0.25) is 0 Å². The number of hydrogen-bond donors (Lipinski definition) is 2. The molecule has 1 heterocycles. The SMILES string of the molecule is O=C(CSc1nnc(-c2ccc(Cl)cc2)n1-c1ccccc1)N/N=C/c1ccc(C(=O)O)cc1. The van der Waals surface area contributed by atoms with Crippen LogP contribution in [0.3, 0.4) is 0 Å². The van der Waals surface area contributed by atoms with Gasteiger partial charge in [-0.3, -0.25) is 9.36 Å². The minimum atomic E-state index is -1.00. The topological polar surface area (TPSA) is 109 Å². The second-order valence-corrected chi connectivity index (χ2v) is 8.37. The highest BCUT2D eigenvalue weighted by atomic mass is 35.5. The zero-order valence-corrected chi connectivity index (χ0v) is 19.2. The highest BCUT2D eigenvalue weighted by Gasteiger charge is 2.17. The summed E-state index contributed by atoms with van der Waals surface area (Å²) in [5.41, 5.74) is 5.01. The number of thioether (sulfide) groups is 1. The van der Waals surface area contributed by atoms with E-state index in [4.69, 9.17) is 16.7 Å². The number of rotatable bonds is 8. The standard InChI is InChI=1S/C24H18ClN5O3S/c25-19-12-10-17(11-13-19)22-28-29-24(30(22)20-4-2-1-3-5-20)34-15-21(31)27-26-14-16-6-8-18(9-7-16)23(32)33/h1-14H,15H2,(H,27,31)(H,32,33)/b26-14+. The molecular weight excluding hydrogens is 474 g/mol. The van der Waals surface area contributed by atoms with E-state index in [1.54, 1.807) is 24.3 Å². The number of carboxylic acid groups (broad SMARTS) is 1. The van der Waals surface area contributed by atoms with Crippen LogP contribution in [0.15, 0.2) is 89.1 Å². The Bertz CT molecular complexity index is 1320. The minimum absolute atomic E-state index is 0.0703. The van der Waals surface area contributed by atoms with Gasteiger partial charge in [0, 0.05) is 16.3 Å². The van der Waals surface area contributed by atoms with Crippen molar-refractivity contribution in [2.24, 2.45) is 5.10 Å². The Balaban J connectivity index is 1.45. The monoisotopic (exact) mass is 491 g/mol. The number of nitrogens with one attached hydrogen (secondary N) is 1. The Kier molecular flexibility index (Phi) is 7.36. The summed E-state index contributed by atoms with van der Waals surface area (Å²) < 4.78 is 1.88. The highest BCUT2D eigenvalue weighted by molar-refractivity contribution is 7.99. The summed E-state index contributed by atoms with van der Waals surface area (Å²) in [6.45, 7) is 0. The Morgan fingerprint density at radius 2 is 1.71 bits per heavy atom. The molecule has 0 radical (unpaired) electrons. The number of halogens is 1. The number of amides is 1. The number of nitrogens with zero attached hydrogens (tertiary/aromatic N) is 4. The predicted molar refractivity (Wildman–Crippen MR) is 132 cm³/mol. The number of hydrogen-bond acceptors (Lipinski definition) is 6. The van der Waals surface area contributed by atoms with Crippen LogP contribution in [0.4, 0.5) is 0 Å². The van der Waals surface area contributed by atoms with Gasteiger partial charge in [0.05, 0.1) is 17.5 Å². The van der Waals surface area contributed by atoms with E-state index in [0.717, 1.165) is 11.3 Å². The zero-order valence-electron chi connectivity index (χ0n) is 17.6. The van der Waals surface area contributed by atoms with Crippen LogP contribution in [0.1, 0.15) is 15.9 Å². The molecule has 10 heteroatoms. The molecule has 1 amide bonds. The summed E-state index contributed by atoms with van der Waals surface area (Å²) in [5.74, 6) is -0.620. The van der Waals surface area contributed by atoms with Gasteiger partial charge in [0.1, 0.15) is 0 Å². The Labute approximate surface area is 204 Å². The fraction of sp³-hybridized carbons (Fsp3) is 0.0417. The van der Waals surface area contributed by atoms with Crippen LogP contribution < -0.4 is 5.43 Å². The van der Waals surface area contributed by atoms with Crippen LogP contribution in [0.25, 0.3) is 17.1 Å². The van der Waals surface area contributed by atoms with Crippen LogP contribution in [0.2, 0.25) is 5.02 Å². The summed E-state index contributed by atoms with van der Waals surface area (Å²) in [6, 6.07) is 23.1. The molecule has 0 spiro atoms. The van der Waals surface area contributed by atoms with Gasteiger partial charge < -0.3 is 5.11 Å². The largest absolute Gasteiger partial charge is 0.478 e. The van der Waals surface area contributed by atoms with E-state index >= 15 is 0 Å². The van der Waals surface area contributed by atoms with Gasteiger partial charge in [-0.2, -0.15) is 5.10 Å². The van der Waals surface area contributed by atoms with E-state index in [-0.39, 0.29) is 17.2 Å². The molecule has 170 valence electrons. The molecule has 0 fully saturated rings. The average Bonchev–Trinajstić information content (AvgIpc) is 3.28. The molecule has 0 unspecified atom stereocenters. The van der Waals surface area contributed by atoms with Crippen LogP contribution in [-0.4, -0.2) is 43.7 Å². The number of carbonyl (C=O) groups excluding carboxylic acids is 1. The molecule has 0 saturated heterocycles. The van der Waals surface area contributed by atoms with E-state index in [1.165, 1.54) is 30.1 Å². The van der Waals surface area contributed by atoms with Gasteiger partial charge in [0.15, 0.2) is 11.0 Å². The van der Waals surface area contributed by atoms with Crippen LogP contribution in [0, 0.1) is 0 Å². The first-order valence-electron chi connectivity index (χ1n) is 10.1. The van der Waals surface area contributed by atoms with Crippen molar-refractivity contribution in [2.45, 2.75) is 5.16 Å². The normalized spacial score (nSPS) is 11.0. The number of benzene rings is 3. The van der Waals surface area contributed by atoms with Crippen molar-refractivity contribution in [3.05, 3.63) is 95.0 Å². The van der Waals surface area contributed by atoms with Gasteiger partial charge in [-0.25, -0.2) is 10.2 Å². The first kappa shape index (κ1) is 23.2. The summed E-state index contributed by atoms with van der Waals surface area (Å²) in [4.78, 5) is 23.2. The highest BCUT2D eigenvalue weighted by Crippen LogP contribution is 2.28. The maximum absolute atomic E-state index is 12.3. The molecule has 2 N–H and O–H groups in total. The van der Waals surface area contributed by atoms with Crippen molar-refractivity contribution < 1.29 is 14.7 Å². The van der Waals surface area contributed by atoms with E-state index in [0.29, 0.717) is 21.6 Å². The smallest absolute Gasteiger partial charge is 0.335 e. The molecule has 8 nitrogen and oxygen atoms in total. The lowest BCUT2D eigenvalue weighted by molar-refractivity contribution is -0.118. The Morgan fingerprint density at radius 1 is 1.00 bits per heavy atom. The van der Waals surface area contributed by atoms with Crippen molar-refractivity contribution >= 4 is 41.5 Å². The van der Waals surface area contributed by atoms with Gasteiger partial charge in [-0.15, -0.1) is 10.2 Å². The summed E-state index contributed by atoms with van der Waals surface area (Å²) in [6.07, 6.45) is 1.44. The first-order valence-corrected chi connectivity index (χ1v) is 11.4. The molecule has 0 atom stereocenters. The van der Waals surface area contributed by atoms with Crippen molar-refractivity contribution in [3.8, 4) is 17.1 Å². The van der Waals surface area contributed by atoms with Crippen molar-refractivity contribution in [1.29, 1.82) is 0 Å². The lowest BCUT2D eigenvalue weighted by Crippen LogP contribution is -2.20.